The molecule has 0 amide bonds. The number of carbonyl (C=O) groups excluding carboxylic acids is 1. The van der Waals surface area contributed by atoms with Crippen molar-refractivity contribution >= 4 is 27.0 Å². The summed E-state index contributed by atoms with van der Waals surface area (Å²) in [6.45, 7) is 2.26. The summed E-state index contributed by atoms with van der Waals surface area (Å²) in [6, 6.07) is 5.59. The number of sulfone groups is 1. The molecule has 142 valence electrons. The number of nitrogens with zero attached hydrogens (tertiary/aromatic N) is 2. The van der Waals surface area contributed by atoms with Crippen molar-refractivity contribution in [3.8, 4) is 10.6 Å². The average Bonchev–Trinajstić information content (AvgIpc) is 3.21. The zero-order valence-electron chi connectivity index (χ0n) is 14.9. The van der Waals surface area contributed by atoms with Crippen LogP contribution in [0.4, 0.5) is 0 Å². The van der Waals surface area contributed by atoms with Crippen LogP contribution in [0.5, 0.6) is 0 Å². The number of likely N-dealkylation sites (tertiary alicyclic amines) is 1. The number of hydrogen-bond acceptors (Lipinski definition) is 7. The number of rotatable bonds is 10. The molecule has 3 rings (SSSR count). The minimum atomic E-state index is -2.88. The SMILES string of the molecule is CS(=O)(=O)C1CN(CCCCCCC(=O)c2cc(-c3cccs3)on2)C1. The summed E-state index contributed by atoms with van der Waals surface area (Å²) in [6.07, 6.45) is 5.71. The molecule has 0 aliphatic carbocycles. The summed E-state index contributed by atoms with van der Waals surface area (Å²) in [7, 11) is -2.88. The molecule has 1 saturated heterocycles. The number of Topliss-reactive ketones (excluding diaryl/α,β-unsaturated/α-hetero) is 1. The van der Waals surface area contributed by atoms with Crippen LogP contribution in [0.1, 0.15) is 42.6 Å². The Kier molecular flexibility index (Phi) is 6.26. The lowest BCUT2D eigenvalue weighted by Crippen LogP contribution is -2.54. The predicted molar refractivity (Wildman–Crippen MR) is 102 cm³/mol. The molecule has 0 bridgehead atoms. The highest BCUT2D eigenvalue weighted by atomic mass is 32.2. The van der Waals surface area contributed by atoms with Crippen molar-refractivity contribution < 1.29 is 17.7 Å². The van der Waals surface area contributed by atoms with Crippen LogP contribution in [0.3, 0.4) is 0 Å². The van der Waals surface area contributed by atoms with Gasteiger partial charge in [-0.2, -0.15) is 0 Å². The van der Waals surface area contributed by atoms with Gasteiger partial charge in [-0.3, -0.25) is 4.79 Å². The van der Waals surface area contributed by atoms with Gasteiger partial charge in [0.05, 0.1) is 10.1 Å². The Morgan fingerprint density at radius 1 is 1.31 bits per heavy atom. The largest absolute Gasteiger partial charge is 0.355 e. The first-order valence-electron chi connectivity index (χ1n) is 8.88. The molecule has 0 radical (unpaired) electrons. The van der Waals surface area contributed by atoms with E-state index in [4.69, 9.17) is 4.52 Å². The van der Waals surface area contributed by atoms with Crippen molar-refractivity contribution in [3.05, 3.63) is 29.3 Å². The zero-order chi connectivity index (χ0) is 18.6. The van der Waals surface area contributed by atoms with Crippen molar-refractivity contribution in [3.63, 3.8) is 0 Å². The number of ketones is 1. The summed E-state index contributed by atoms with van der Waals surface area (Å²) < 4.78 is 28.0. The quantitative estimate of drug-likeness (QED) is 0.453. The van der Waals surface area contributed by atoms with Crippen LogP contribution in [-0.2, 0) is 9.84 Å². The molecule has 2 aromatic heterocycles. The fourth-order valence-electron chi connectivity index (χ4n) is 3.02. The monoisotopic (exact) mass is 396 g/mol. The molecule has 1 fully saturated rings. The lowest BCUT2D eigenvalue weighted by atomic mass is 10.1. The Labute approximate surface area is 158 Å². The van der Waals surface area contributed by atoms with E-state index in [0.717, 1.165) is 37.1 Å². The van der Waals surface area contributed by atoms with Crippen molar-refractivity contribution in [1.29, 1.82) is 0 Å². The Hall–Kier alpha value is -1.51. The normalized spacial score (nSPS) is 15.9. The maximum atomic E-state index is 12.2. The van der Waals surface area contributed by atoms with Crippen LogP contribution < -0.4 is 0 Å². The van der Waals surface area contributed by atoms with Gasteiger partial charge in [0.15, 0.2) is 21.4 Å². The maximum absolute atomic E-state index is 12.2. The van der Waals surface area contributed by atoms with Gasteiger partial charge >= 0.3 is 0 Å². The molecule has 0 atom stereocenters. The molecule has 0 N–H and O–H groups in total. The van der Waals surface area contributed by atoms with E-state index < -0.39 is 9.84 Å². The van der Waals surface area contributed by atoms with Gasteiger partial charge in [-0.1, -0.05) is 24.1 Å². The second kappa shape index (κ2) is 8.45. The highest BCUT2D eigenvalue weighted by Crippen LogP contribution is 2.25. The number of hydrogen-bond donors (Lipinski definition) is 0. The first-order chi connectivity index (χ1) is 12.4. The first kappa shape index (κ1) is 19.3. The van der Waals surface area contributed by atoms with Crippen LogP contribution in [-0.4, -0.2) is 55.4 Å². The molecule has 0 unspecified atom stereocenters. The molecular weight excluding hydrogens is 372 g/mol. The van der Waals surface area contributed by atoms with Gasteiger partial charge in [0, 0.05) is 31.8 Å². The van der Waals surface area contributed by atoms with E-state index in [1.807, 2.05) is 17.5 Å². The summed E-state index contributed by atoms with van der Waals surface area (Å²) >= 11 is 1.56. The Bertz CT molecular complexity index is 821. The fourth-order valence-corrected chi connectivity index (χ4v) is 4.66. The lowest BCUT2D eigenvalue weighted by Gasteiger charge is -2.37. The lowest BCUT2D eigenvalue weighted by molar-refractivity contribution is 0.0970. The van der Waals surface area contributed by atoms with Gasteiger partial charge in [0.1, 0.15) is 5.69 Å². The van der Waals surface area contributed by atoms with Gasteiger partial charge in [-0.05, 0) is 30.8 Å². The maximum Gasteiger partial charge on any atom is 0.184 e. The van der Waals surface area contributed by atoms with E-state index in [1.165, 1.54) is 6.26 Å². The second-order valence-electron chi connectivity index (χ2n) is 6.85. The van der Waals surface area contributed by atoms with Crippen LogP contribution in [0.25, 0.3) is 10.6 Å². The standard InChI is InChI=1S/C18H24N2O4S2/c1-26(22,23)14-12-20(13-14)9-5-3-2-4-7-16(21)15-11-17(24-19-15)18-8-6-10-25-18/h6,8,10-11,14H,2-5,7,9,12-13H2,1H3. The van der Waals surface area contributed by atoms with E-state index >= 15 is 0 Å². The summed E-state index contributed by atoms with van der Waals surface area (Å²) in [5, 5.41) is 5.66. The van der Waals surface area contributed by atoms with E-state index in [0.29, 0.717) is 31.0 Å². The smallest absolute Gasteiger partial charge is 0.184 e. The van der Waals surface area contributed by atoms with Crippen LogP contribution in [0, 0.1) is 0 Å². The molecule has 1 aliphatic heterocycles. The van der Waals surface area contributed by atoms with Gasteiger partial charge in [0.25, 0.3) is 0 Å². The number of unbranched alkanes of at least 4 members (excludes halogenated alkanes) is 3. The minimum Gasteiger partial charge on any atom is -0.355 e. The predicted octanol–water partition coefficient (Wildman–Crippen LogP) is 3.27. The van der Waals surface area contributed by atoms with Crippen LogP contribution in [0.2, 0.25) is 0 Å². The van der Waals surface area contributed by atoms with E-state index in [9.17, 15) is 13.2 Å². The molecule has 8 heteroatoms. The van der Waals surface area contributed by atoms with E-state index in [-0.39, 0.29) is 11.0 Å². The Morgan fingerprint density at radius 3 is 2.77 bits per heavy atom. The molecule has 6 nitrogen and oxygen atoms in total. The summed E-state index contributed by atoms with van der Waals surface area (Å²) in [5.41, 5.74) is 0.404. The second-order valence-corrected chi connectivity index (χ2v) is 10.1. The number of aromatic nitrogens is 1. The van der Waals surface area contributed by atoms with Crippen molar-refractivity contribution in [2.24, 2.45) is 0 Å². The molecule has 0 saturated carbocycles. The third-order valence-electron chi connectivity index (χ3n) is 4.72. The van der Waals surface area contributed by atoms with Gasteiger partial charge in [-0.15, -0.1) is 11.3 Å². The first-order valence-corrected chi connectivity index (χ1v) is 11.7. The van der Waals surface area contributed by atoms with E-state index in [2.05, 4.69) is 10.1 Å². The molecule has 26 heavy (non-hydrogen) atoms. The Balaban J connectivity index is 1.28. The van der Waals surface area contributed by atoms with Crippen molar-refractivity contribution in [2.75, 3.05) is 25.9 Å². The summed E-state index contributed by atoms with van der Waals surface area (Å²) in [5.74, 6) is 0.667. The van der Waals surface area contributed by atoms with Crippen molar-refractivity contribution in [1.82, 2.24) is 10.1 Å². The molecule has 1 aliphatic rings. The van der Waals surface area contributed by atoms with Gasteiger partial charge in [-0.25, -0.2) is 8.42 Å². The molecule has 2 aromatic rings. The molecule has 0 aromatic carbocycles. The third-order valence-corrected chi connectivity index (χ3v) is 7.11. The molecular formula is C18H24N2O4S2. The molecule has 0 spiro atoms. The third kappa shape index (κ3) is 5.02. The molecule has 3 heterocycles. The summed E-state index contributed by atoms with van der Waals surface area (Å²) in [4.78, 5) is 15.3. The average molecular weight is 397 g/mol. The minimum absolute atomic E-state index is 0.0234. The topological polar surface area (TPSA) is 80.5 Å². The highest BCUT2D eigenvalue weighted by molar-refractivity contribution is 7.91. The van der Waals surface area contributed by atoms with Crippen LogP contribution in [0.15, 0.2) is 28.1 Å². The Morgan fingerprint density at radius 2 is 2.08 bits per heavy atom. The van der Waals surface area contributed by atoms with Crippen molar-refractivity contribution in [2.45, 2.75) is 37.4 Å². The fraction of sp³-hybridized carbons (Fsp3) is 0.556. The van der Waals surface area contributed by atoms with E-state index in [1.54, 1.807) is 17.4 Å². The van der Waals surface area contributed by atoms with Gasteiger partial charge < -0.3 is 9.42 Å². The highest BCUT2D eigenvalue weighted by Gasteiger charge is 2.33. The number of carbonyl (C=O) groups is 1. The zero-order valence-corrected chi connectivity index (χ0v) is 16.5. The number of thiophene rings is 1. The van der Waals surface area contributed by atoms with Crippen LogP contribution >= 0.6 is 11.3 Å². The van der Waals surface area contributed by atoms with Gasteiger partial charge in [0.2, 0.25) is 0 Å².